The summed E-state index contributed by atoms with van der Waals surface area (Å²) < 4.78 is 0. The molecule has 3 nitrogen and oxygen atoms in total. The van der Waals surface area contributed by atoms with Gasteiger partial charge in [-0.15, -0.1) is 0 Å². The molecule has 1 N–H and O–H groups in total. The third kappa shape index (κ3) is 4.62. The molecule has 0 radical (unpaired) electrons. The summed E-state index contributed by atoms with van der Waals surface area (Å²) in [6, 6.07) is 12.0. The van der Waals surface area contributed by atoms with Gasteiger partial charge in [0.05, 0.1) is 11.5 Å². The molecule has 20 heavy (non-hydrogen) atoms. The SMILES string of the molecule is CC(C#N)(CC(S)C(=O)O)C(=S)CCc1ccccc1. The maximum atomic E-state index is 10.9. The molecule has 0 saturated carbocycles. The highest BCUT2D eigenvalue weighted by atomic mass is 32.1. The van der Waals surface area contributed by atoms with Crippen molar-refractivity contribution in [3.63, 3.8) is 0 Å². The number of thiocarbonyl (C=S) groups is 1. The molecule has 0 bridgehead atoms. The molecule has 0 saturated heterocycles. The van der Waals surface area contributed by atoms with Crippen LogP contribution in [0.1, 0.15) is 25.3 Å². The van der Waals surface area contributed by atoms with Gasteiger partial charge in [0.25, 0.3) is 0 Å². The first-order valence-corrected chi connectivity index (χ1v) is 7.21. The Morgan fingerprint density at radius 1 is 1.50 bits per heavy atom. The lowest BCUT2D eigenvalue weighted by Gasteiger charge is -2.24. The summed E-state index contributed by atoms with van der Waals surface area (Å²) in [6.45, 7) is 1.69. The van der Waals surface area contributed by atoms with Crippen LogP contribution in [0.2, 0.25) is 0 Å². The molecule has 0 heterocycles. The number of hydrogen-bond donors (Lipinski definition) is 2. The van der Waals surface area contributed by atoms with E-state index in [9.17, 15) is 10.1 Å². The number of benzene rings is 1. The zero-order valence-electron chi connectivity index (χ0n) is 11.2. The van der Waals surface area contributed by atoms with E-state index < -0.39 is 16.6 Å². The molecule has 0 spiro atoms. The van der Waals surface area contributed by atoms with E-state index in [4.69, 9.17) is 17.3 Å². The van der Waals surface area contributed by atoms with Gasteiger partial charge in [0.1, 0.15) is 5.25 Å². The molecule has 2 unspecified atom stereocenters. The minimum atomic E-state index is -1.03. The highest BCUT2D eigenvalue weighted by Crippen LogP contribution is 2.29. The van der Waals surface area contributed by atoms with Crippen molar-refractivity contribution >= 4 is 35.7 Å². The Balaban J connectivity index is 2.67. The number of nitriles is 1. The third-order valence-electron chi connectivity index (χ3n) is 3.23. The van der Waals surface area contributed by atoms with Gasteiger partial charge in [0, 0.05) is 4.86 Å². The van der Waals surface area contributed by atoms with Gasteiger partial charge in [-0.1, -0.05) is 42.5 Å². The second-order valence-corrected chi connectivity index (χ2v) is 6.03. The number of hydrogen-bond acceptors (Lipinski definition) is 4. The number of carboxylic acid groups (broad SMARTS) is 1. The Labute approximate surface area is 130 Å². The smallest absolute Gasteiger partial charge is 0.316 e. The van der Waals surface area contributed by atoms with Gasteiger partial charge >= 0.3 is 5.97 Å². The summed E-state index contributed by atoms with van der Waals surface area (Å²) in [7, 11) is 0. The molecule has 2 atom stereocenters. The molecule has 0 aliphatic rings. The lowest BCUT2D eigenvalue weighted by Crippen LogP contribution is -2.31. The number of aliphatic carboxylic acids is 1. The maximum Gasteiger partial charge on any atom is 0.316 e. The van der Waals surface area contributed by atoms with Crippen LogP contribution in [-0.4, -0.2) is 21.2 Å². The number of carbonyl (C=O) groups is 1. The topological polar surface area (TPSA) is 61.1 Å². The third-order valence-corrected chi connectivity index (χ3v) is 4.29. The predicted molar refractivity (Wildman–Crippen MR) is 86.1 cm³/mol. The van der Waals surface area contributed by atoms with Crippen LogP contribution < -0.4 is 0 Å². The summed E-state index contributed by atoms with van der Waals surface area (Å²) >= 11 is 9.34. The van der Waals surface area contributed by atoms with E-state index in [-0.39, 0.29) is 6.42 Å². The molecule has 0 aliphatic heterocycles. The van der Waals surface area contributed by atoms with Crippen LogP contribution in [-0.2, 0) is 11.2 Å². The van der Waals surface area contributed by atoms with Gasteiger partial charge in [-0.25, -0.2) is 0 Å². The molecule has 1 aromatic rings. The van der Waals surface area contributed by atoms with E-state index in [2.05, 4.69) is 18.7 Å². The molecular formula is C15H17NO2S2. The van der Waals surface area contributed by atoms with Crippen LogP contribution in [0.15, 0.2) is 30.3 Å². The number of nitrogens with zero attached hydrogens (tertiary/aromatic N) is 1. The summed E-state index contributed by atoms with van der Waals surface area (Å²) in [5.74, 6) is -1.03. The van der Waals surface area contributed by atoms with E-state index in [0.29, 0.717) is 11.3 Å². The molecule has 1 rings (SSSR count). The summed E-state index contributed by atoms with van der Waals surface area (Å²) in [6.07, 6.45) is 1.46. The van der Waals surface area contributed by atoms with Crippen molar-refractivity contribution in [3.8, 4) is 6.07 Å². The summed E-state index contributed by atoms with van der Waals surface area (Å²) in [5, 5.41) is 17.3. The van der Waals surface area contributed by atoms with Crippen molar-refractivity contribution in [3.05, 3.63) is 35.9 Å². The highest BCUT2D eigenvalue weighted by molar-refractivity contribution is 7.81. The van der Waals surface area contributed by atoms with Gasteiger partial charge in [-0.3, -0.25) is 4.79 Å². The molecule has 1 aromatic carbocycles. The van der Waals surface area contributed by atoms with Crippen LogP contribution >= 0.6 is 24.8 Å². The van der Waals surface area contributed by atoms with Crippen molar-refractivity contribution < 1.29 is 9.90 Å². The van der Waals surface area contributed by atoms with E-state index in [0.717, 1.165) is 12.0 Å². The van der Waals surface area contributed by atoms with Crippen LogP contribution in [0.5, 0.6) is 0 Å². The van der Waals surface area contributed by atoms with E-state index in [1.165, 1.54) is 0 Å². The van der Waals surface area contributed by atoms with Crippen molar-refractivity contribution in [2.45, 2.75) is 31.4 Å². The number of carboxylic acids is 1. The maximum absolute atomic E-state index is 10.9. The largest absolute Gasteiger partial charge is 0.480 e. The van der Waals surface area contributed by atoms with Gasteiger partial charge < -0.3 is 5.11 Å². The molecule has 5 heteroatoms. The van der Waals surface area contributed by atoms with Gasteiger partial charge in [0.15, 0.2) is 0 Å². The van der Waals surface area contributed by atoms with Crippen molar-refractivity contribution in [2.24, 2.45) is 5.41 Å². The number of thiol groups is 1. The lowest BCUT2D eigenvalue weighted by atomic mass is 9.81. The second kappa shape index (κ2) is 7.41. The van der Waals surface area contributed by atoms with Gasteiger partial charge in [0.2, 0.25) is 0 Å². The van der Waals surface area contributed by atoms with Crippen molar-refractivity contribution in [2.75, 3.05) is 0 Å². The Hall–Kier alpha value is -1.38. The Bertz CT molecular complexity index is 524. The van der Waals surface area contributed by atoms with E-state index in [1.54, 1.807) is 6.92 Å². The summed E-state index contributed by atoms with van der Waals surface area (Å²) in [5.41, 5.74) is 0.213. The van der Waals surface area contributed by atoms with Gasteiger partial charge in [-0.05, 0) is 31.7 Å². The zero-order valence-corrected chi connectivity index (χ0v) is 13.0. The minimum Gasteiger partial charge on any atom is -0.480 e. The Kier molecular flexibility index (Phi) is 6.18. The molecule has 0 aliphatic carbocycles. The molecular weight excluding hydrogens is 290 g/mol. The monoisotopic (exact) mass is 307 g/mol. The molecule has 0 amide bonds. The fraction of sp³-hybridized carbons (Fsp3) is 0.400. The first kappa shape index (κ1) is 16.7. The molecule has 0 aromatic heterocycles. The van der Waals surface area contributed by atoms with Crippen molar-refractivity contribution in [1.29, 1.82) is 5.26 Å². The predicted octanol–water partition coefficient (Wildman–Crippen LogP) is 3.29. The van der Waals surface area contributed by atoms with E-state index >= 15 is 0 Å². The Morgan fingerprint density at radius 2 is 2.10 bits per heavy atom. The normalized spacial score (nSPS) is 14.8. The summed E-state index contributed by atoms with van der Waals surface area (Å²) in [4.78, 5) is 11.5. The van der Waals surface area contributed by atoms with Crippen LogP contribution in [0.25, 0.3) is 0 Å². The first-order chi connectivity index (χ1) is 9.39. The molecule has 0 fully saturated rings. The first-order valence-electron chi connectivity index (χ1n) is 6.28. The highest BCUT2D eigenvalue weighted by Gasteiger charge is 2.33. The van der Waals surface area contributed by atoms with Crippen LogP contribution in [0.4, 0.5) is 0 Å². The molecule has 106 valence electrons. The van der Waals surface area contributed by atoms with Crippen LogP contribution in [0.3, 0.4) is 0 Å². The quantitative estimate of drug-likeness (QED) is 0.599. The fourth-order valence-electron chi connectivity index (χ4n) is 1.87. The standard InChI is InChI=1S/C15H17NO2S2/c1-15(10-16,9-12(19)14(17)18)13(20)8-7-11-5-3-2-4-6-11/h2-6,12,19H,7-9H2,1H3,(H,17,18). The fourth-order valence-corrected chi connectivity index (χ4v) is 2.47. The number of rotatable bonds is 7. The Morgan fingerprint density at radius 3 is 2.60 bits per heavy atom. The number of aryl methyl sites for hydroxylation is 1. The second-order valence-electron chi connectivity index (χ2n) is 4.91. The van der Waals surface area contributed by atoms with Crippen molar-refractivity contribution in [1.82, 2.24) is 0 Å². The zero-order chi connectivity index (χ0) is 15.2. The van der Waals surface area contributed by atoms with E-state index in [1.807, 2.05) is 30.3 Å². The minimum absolute atomic E-state index is 0.121. The van der Waals surface area contributed by atoms with Gasteiger partial charge in [-0.2, -0.15) is 17.9 Å². The van der Waals surface area contributed by atoms with Crippen LogP contribution in [0, 0.1) is 16.7 Å². The average Bonchev–Trinajstić information content (AvgIpc) is 2.45. The average molecular weight is 307 g/mol. The lowest BCUT2D eigenvalue weighted by molar-refractivity contribution is -0.136.